The number of aromatic nitrogens is 2. The van der Waals surface area contributed by atoms with E-state index < -0.39 is 16.8 Å². The van der Waals surface area contributed by atoms with Gasteiger partial charge < -0.3 is 10.4 Å². The predicted octanol–water partition coefficient (Wildman–Crippen LogP) is 0.0183. The number of hydrogen-bond donors (Lipinski definition) is 2. The molecule has 0 saturated carbocycles. The molecule has 1 amide bonds. The van der Waals surface area contributed by atoms with E-state index in [0.717, 1.165) is 17.1 Å². The second-order valence-electron chi connectivity index (χ2n) is 4.03. The lowest BCUT2D eigenvalue weighted by molar-refractivity contribution is -0.385. The van der Waals surface area contributed by atoms with Gasteiger partial charge in [-0.1, -0.05) is 6.92 Å². The van der Waals surface area contributed by atoms with Crippen molar-refractivity contribution in [1.29, 1.82) is 0 Å². The van der Waals surface area contributed by atoms with Crippen molar-refractivity contribution in [3.8, 4) is 0 Å². The van der Waals surface area contributed by atoms with Gasteiger partial charge in [-0.3, -0.25) is 24.4 Å². The van der Waals surface area contributed by atoms with Gasteiger partial charge in [-0.25, -0.2) is 0 Å². The molecule has 9 heteroatoms. The zero-order chi connectivity index (χ0) is 14.4. The van der Waals surface area contributed by atoms with Crippen molar-refractivity contribution in [2.75, 3.05) is 6.54 Å². The fourth-order valence-electron chi connectivity index (χ4n) is 1.29. The normalized spacial score (nSPS) is 11.8. The summed E-state index contributed by atoms with van der Waals surface area (Å²) in [7, 11) is 0. The van der Waals surface area contributed by atoms with Crippen LogP contribution in [0.15, 0.2) is 12.4 Å². The van der Waals surface area contributed by atoms with Crippen LogP contribution < -0.4 is 5.32 Å². The van der Waals surface area contributed by atoms with Crippen molar-refractivity contribution in [3.05, 3.63) is 22.5 Å². The molecule has 0 aromatic carbocycles. The van der Waals surface area contributed by atoms with Crippen LogP contribution >= 0.6 is 0 Å². The molecule has 0 saturated heterocycles. The topological polar surface area (TPSA) is 127 Å². The Balaban J connectivity index is 2.34. The average Bonchev–Trinajstić information content (AvgIpc) is 2.77. The van der Waals surface area contributed by atoms with Crippen LogP contribution in [0.4, 0.5) is 5.69 Å². The molecule has 1 heterocycles. The van der Waals surface area contributed by atoms with Gasteiger partial charge in [0, 0.05) is 6.54 Å². The average molecular weight is 270 g/mol. The molecular weight excluding hydrogens is 256 g/mol. The first kappa shape index (κ1) is 14.6. The lowest BCUT2D eigenvalue weighted by Gasteiger charge is -2.07. The van der Waals surface area contributed by atoms with Gasteiger partial charge in [-0.2, -0.15) is 5.10 Å². The van der Waals surface area contributed by atoms with E-state index in [-0.39, 0.29) is 24.7 Å². The maximum atomic E-state index is 11.5. The molecule has 0 fully saturated rings. The summed E-state index contributed by atoms with van der Waals surface area (Å²) in [6.07, 6.45) is 2.53. The zero-order valence-corrected chi connectivity index (χ0v) is 10.3. The van der Waals surface area contributed by atoms with Crippen molar-refractivity contribution >= 4 is 17.6 Å². The van der Waals surface area contributed by atoms with E-state index in [0.29, 0.717) is 6.42 Å². The third-order valence-corrected chi connectivity index (χ3v) is 2.46. The fourth-order valence-corrected chi connectivity index (χ4v) is 1.29. The SMILES string of the molecule is CC(CCNC(=O)Cn1cc([N+](=O)[O-])cn1)C(=O)O. The minimum Gasteiger partial charge on any atom is -0.481 e. The van der Waals surface area contributed by atoms with E-state index in [1.54, 1.807) is 6.92 Å². The predicted molar refractivity (Wildman–Crippen MR) is 63.3 cm³/mol. The molecule has 0 aliphatic carbocycles. The Hall–Kier alpha value is -2.45. The smallest absolute Gasteiger partial charge is 0.307 e. The number of carboxylic acids is 1. The van der Waals surface area contributed by atoms with Crippen LogP contribution in [0.5, 0.6) is 0 Å². The van der Waals surface area contributed by atoms with Crippen molar-refractivity contribution in [2.24, 2.45) is 5.92 Å². The Morgan fingerprint density at radius 2 is 2.32 bits per heavy atom. The number of aliphatic carboxylic acids is 1. The number of rotatable bonds is 7. The molecule has 104 valence electrons. The first-order valence-corrected chi connectivity index (χ1v) is 5.56. The van der Waals surface area contributed by atoms with Crippen LogP contribution in [0.1, 0.15) is 13.3 Å². The summed E-state index contributed by atoms with van der Waals surface area (Å²) < 4.78 is 1.15. The molecule has 1 aromatic rings. The molecule has 1 unspecified atom stereocenters. The van der Waals surface area contributed by atoms with Crippen molar-refractivity contribution in [1.82, 2.24) is 15.1 Å². The van der Waals surface area contributed by atoms with E-state index in [2.05, 4.69) is 10.4 Å². The number of carbonyl (C=O) groups is 2. The molecule has 1 aromatic heterocycles. The van der Waals surface area contributed by atoms with Crippen molar-refractivity contribution < 1.29 is 19.6 Å². The van der Waals surface area contributed by atoms with Crippen LogP contribution in [0.3, 0.4) is 0 Å². The van der Waals surface area contributed by atoms with Gasteiger partial charge in [-0.15, -0.1) is 0 Å². The monoisotopic (exact) mass is 270 g/mol. The molecule has 19 heavy (non-hydrogen) atoms. The standard InChI is InChI=1S/C10H14N4O5/c1-7(10(16)17)2-3-11-9(15)6-13-5-8(4-12-13)14(18)19/h4-5,7H,2-3,6H2,1H3,(H,11,15)(H,16,17). The minimum atomic E-state index is -0.919. The highest BCUT2D eigenvalue weighted by Gasteiger charge is 2.13. The Labute approximate surface area is 108 Å². The van der Waals surface area contributed by atoms with Gasteiger partial charge in [-0.05, 0) is 6.42 Å². The number of amides is 1. The highest BCUT2D eigenvalue weighted by Crippen LogP contribution is 2.07. The fraction of sp³-hybridized carbons (Fsp3) is 0.500. The number of nitro groups is 1. The third-order valence-electron chi connectivity index (χ3n) is 2.46. The van der Waals surface area contributed by atoms with Gasteiger partial charge in [0.2, 0.25) is 5.91 Å². The van der Waals surface area contributed by atoms with Gasteiger partial charge in [0.15, 0.2) is 0 Å². The van der Waals surface area contributed by atoms with Crippen LogP contribution in [-0.4, -0.2) is 38.2 Å². The summed E-state index contributed by atoms with van der Waals surface area (Å²) in [5, 5.41) is 25.2. The van der Waals surface area contributed by atoms with Crippen LogP contribution in [0.25, 0.3) is 0 Å². The second kappa shape index (κ2) is 6.47. The summed E-state index contributed by atoms with van der Waals surface area (Å²) in [6.45, 7) is 1.64. The van der Waals surface area contributed by atoms with Crippen LogP contribution in [0, 0.1) is 16.0 Å². The largest absolute Gasteiger partial charge is 0.481 e. The lowest BCUT2D eigenvalue weighted by Crippen LogP contribution is -2.30. The number of hydrogen-bond acceptors (Lipinski definition) is 5. The number of carbonyl (C=O) groups excluding carboxylic acids is 1. The Kier molecular flexibility index (Phi) is 4.98. The number of carboxylic acid groups (broad SMARTS) is 1. The van der Waals surface area contributed by atoms with Crippen molar-refractivity contribution in [2.45, 2.75) is 19.9 Å². The summed E-state index contributed by atoms with van der Waals surface area (Å²) in [6, 6.07) is 0. The molecule has 0 spiro atoms. The van der Waals surface area contributed by atoms with Crippen LogP contribution in [-0.2, 0) is 16.1 Å². The maximum Gasteiger partial charge on any atom is 0.307 e. The Morgan fingerprint density at radius 1 is 1.63 bits per heavy atom. The number of nitrogens with zero attached hydrogens (tertiary/aromatic N) is 3. The van der Waals surface area contributed by atoms with E-state index in [1.807, 2.05) is 0 Å². The summed E-state index contributed by atoms with van der Waals surface area (Å²) in [4.78, 5) is 31.8. The minimum absolute atomic E-state index is 0.144. The van der Waals surface area contributed by atoms with Gasteiger partial charge in [0.25, 0.3) is 0 Å². The molecule has 0 aliphatic rings. The van der Waals surface area contributed by atoms with Crippen molar-refractivity contribution in [3.63, 3.8) is 0 Å². The molecule has 2 N–H and O–H groups in total. The van der Waals surface area contributed by atoms with E-state index in [4.69, 9.17) is 5.11 Å². The zero-order valence-electron chi connectivity index (χ0n) is 10.3. The van der Waals surface area contributed by atoms with Gasteiger partial charge >= 0.3 is 11.7 Å². The first-order chi connectivity index (χ1) is 8.90. The van der Waals surface area contributed by atoms with Gasteiger partial charge in [0.05, 0.1) is 10.8 Å². The quantitative estimate of drug-likeness (QED) is 0.531. The molecule has 1 rings (SSSR count). The highest BCUT2D eigenvalue weighted by molar-refractivity contribution is 5.75. The Bertz CT molecular complexity index is 484. The number of nitrogens with one attached hydrogen (secondary N) is 1. The molecule has 1 atom stereocenters. The van der Waals surface area contributed by atoms with E-state index >= 15 is 0 Å². The second-order valence-corrected chi connectivity index (χ2v) is 4.03. The van der Waals surface area contributed by atoms with Crippen LogP contribution in [0.2, 0.25) is 0 Å². The lowest BCUT2D eigenvalue weighted by atomic mass is 10.1. The highest BCUT2D eigenvalue weighted by atomic mass is 16.6. The molecule has 0 bridgehead atoms. The van der Waals surface area contributed by atoms with E-state index in [1.165, 1.54) is 0 Å². The Morgan fingerprint density at radius 3 is 2.84 bits per heavy atom. The summed E-state index contributed by atoms with van der Waals surface area (Å²) in [5.74, 6) is -1.83. The first-order valence-electron chi connectivity index (χ1n) is 5.56. The summed E-state index contributed by atoms with van der Waals surface area (Å²) >= 11 is 0. The molecule has 9 nitrogen and oxygen atoms in total. The maximum absolute atomic E-state index is 11.5. The molecular formula is C10H14N4O5. The third kappa shape index (κ3) is 4.74. The molecule has 0 radical (unpaired) electrons. The van der Waals surface area contributed by atoms with Gasteiger partial charge in [0.1, 0.15) is 18.9 Å². The summed E-state index contributed by atoms with van der Waals surface area (Å²) in [5.41, 5.74) is -0.188. The molecule has 0 aliphatic heterocycles. The van der Waals surface area contributed by atoms with E-state index in [9.17, 15) is 19.7 Å².